The average Bonchev–Trinajstić information content (AvgIpc) is 3.27. The predicted molar refractivity (Wildman–Crippen MR) is 130 cm³/mol. The summed E-state index contributed by atoms with van der Waals surface area (Å²) in [5.74, 6) is -2.89. The Bertz CT molecular complexity index is 983. The first-order valence-corrected chi connectivity index (χ1v) is 12.3. The summed E-state index contributed by atoms with van der Waals surface area (Å²) in [6.07, 6.45) is 1.38. The van der Waals surface area contributed by atoms with Crippen LogP contribution < -0.4 is 20.1 Å². The fourth-order valence-electron chi connectivity index (χ4n) is 4.40. The number of methoxy groups -OCH3 is 1. The summed E-state index contributed by atoms with van der Waals surface area (Å²) in [5, 5.41) is 15.1. The van der Waals surface area contributed by atoms with Crippen LogP contribution in [0.1, 0.15) is 63.7 Å². The van der Waals surface area contributed by atoms with Gasteiger partial charge in [-0.3, -0.25) is 14.4 Å². The molecule has 36 heavy (non-hydrogen) atoms. The van der Waals surface area contributed by atoms with Gasteiger partial charge in [-0.2, -0.15) is 0 Å². The van der Waals surface area contributed by atoms with Crippen LogP contribution in [0.5, 0.6) is 11.5 Å². The zero-order chi connectivity index (χ0) is 26.7. The van der Waals surface area contributed by atoms with Crippen LogP contribution in [0.25, 0.3) is 0 Å². The first kappa shape index (κ1) is 27.7. The van der Waals surface area contributed by atoms with E-state index in [9.17, 15) is 23.9 Å². The Morgan fingerprint density at radius 2 is 1.83 bits per heavy atom. The van der Waals surface area contributed by atoms with Crippen molar-refractivity contribution in [3.63, 3.8) is 0 Å². The summed E-state index contributed by atoms with van der Waals surface area (Å²) in [7, 11) is 1.33. The molecule has 1 aliphatic carbocycles. The maximum atomic E-state index is 14.8. The van der Waals surface area contributed by atoms with Crippen LogP contribution in [0.3, 0.4) is 0 Å². The molecule has 0 aromatic heterocycles. The molecule has 9 nitrogen and oxygen atoms in total. The number of nitrogens with one attached hydrogen (secondary N) is 2. The zero-order valence-corrected chi connectivity index (χ0v) is 21.6. The molecule has 2 amide bonds. The first-order chi connectivity index (χ1) is 16.8. The maximum absolute atomic E-state index is 14.8. The highest BCUT2D eigenvalue weighted by molar-refractivity contribution is 5.98. The molecule has 1 aromatic carbocycles. The second-order valence-electron chi connectivity index (χ2n) is 11.2. The van der Waals surface area contributed by atoms with Gasteiger partial charge in [0.15, 0.2) is 11.6 Å². The third-order valence-electron chi connectivity index (χ3n) is 6.87. The van der Waals surface area contributed by atoms with E-state index in [4.69, 9.17) is 14.2 Å². The molecule has 200 valence electrons. The Morgan fingerprint density at radius 3 is 2.42 bits per heavy atom. The predicted octanol–water partition coefficient (Wildman–Crippen LogP) is 3.15. The highest BCUT2D eigenvalue weighted by Crippen LogP contribution is 2.38. The minimum atomic E-state index is -0.850. The molecule has 3 rings (SSSR count). The second kappa shape index (κ2) is 11.0. The quantitative estimate of drug-likeness (QED) is 0.493. The van der Waals surface area contributed by atoms with Crippen LogP contribution in [-0.4, -0.2) is 61.9 Å². The molecular formula is C26H37FN2O7. The molecule has 2 fully saturated rings. The Morgan fingerprint density at radius 1 is 1.17 bits per heavy atom. The molecule has 0 spiro atoms. The van der Waals surface area contributed by atoms with Crippen molar-refractivity contribution in [3.05, 3.63) is 23.5 Å². The second-order valence-corrected chi connectivity index (χ2v) is 11.2. The molecule has 3 N–H and O–H groups in total. The van der Waals surface area contributed by atoms with Gasteiger partial charge in [0, 0.05) is 12.6 Å². The van der Waals surface area contributed by atoms with Crippen molar-refractivity contribution in [1.29, 1.82) is 0 Å². The highest BCUT2D eigenvalue weighted by Gasteiger charge is 2.39. The Balaban J connectivity index is 1.70. The molecule has 1 saturated carbocycles. The Labute approximate surface area is 211 Å². The normalized spacial score (nSPS) is 26.2. The van der Waals surface area contributed by atoms with E-state index in [1.54, 1.807) is 6.92 Å². The van der Waals surface area contributed by atoms with E-state index in [0.717, 1.165) is 6.07 Å². The Kier molecular flexibility index (Phi) is 8.48. The van der Waals surface area contributed by atoms with Crippen LogP contribution in [0.4, 0.5) is 4.39 Å². The lowest BCUT2D eigenvalue weighted by atomic mass is 9.75. The van der Waals surface area contributed by atoms with Gasteiger partial charge in [-0.1, -0.05) is 20.8 Å². The molecular weight excluding hydrogens is 471 g/mol. The molecule has 10 heteroatoms. The van der Waals surface area contributed by atoms with Gasteiger partial charge >= 0.3 is 5.97 Å². The molecule has 1 heterocycles. The third kappa shape index (κ3) is 6.66. The van der Waals surface area contributed by atoms with Crippen molar-refractivity contribution in [2.24, 2.45) is 16.7 Å². The smallest absolute Gasteiger partial charge is 0.309 e. The average molecular weight is 509 g/mol. The highest BCUT2D eigenvalue weighted by atomic mass is 19.1. The maximum Gasteiger partial charge on any atom is 0.309 e. The molecule has 2 atom stereocenters. The number of aliphatic carboxylic acids is 1. The number of carboxylic acid groups (broad SMARTS) is 1. The topological polar surface area (TPSA) is 123 Å². The van der Waals surface area contributed by atoms with Crippen LogP contribution >= 0.6 is 0 Å². The molecule has 0 bridgehead atoms. The van der Waals surface area contributed by atoms with Crippen LogP contribution in [0.15, 0.2) is 12.1 Å². The van der Waals surface area contributed by atoms with Gasteiger partial charge in [0.1, 0.15) is 5.75 Å². The molecule has 1 unspecified atom stereocenters. The molecule has 0 radical (unpaired) electrons. The molecule has 2 aliphatic rings. The summed E-state index contributed by atoms with van der Waals surface area (Å²) in [6.45, 7) is 8.58. The number of carboxylic acids is 1. The van der Waals surface area contributed by atoms with E-state index >= 15 is 0 Å². The summed E-state index contributed by atoms with van der Waals surface area (Å²) in [4.78, 5) is 37.3. The molecule has 1 aliphatic heterocycles. The lowest BCUT2D eigenvalue weighted by Crippen LogP contribution is -2.47. The van der Waals surface area contributed by atoms with Crippen molar-refractivity contribution in [2.75, 3.05) is 26.9 Å². The van der Waals surface area contributed by atoms with E-state index in [0.29, 0.717) is 32.2 Å². The minimum absolute atomic E-state index is 0.0343. The van der Waals surface area contributed by atoms with Crippen molar-refractivity contribution >= 4 is 17.8 Å². The summed E-state index contributed by atoms with van der Waals surface area (Å²) in [6, 6.07) is 1.83. The standard InChI is InChI=1S/C26H37FN2O7/c1-25(2,3)14-28-22(30)17-12-35-13-19(17)29-23(31)16-10-21(18(27)11-20(16)34-5)36-15-6-8-26(4,9-7-15)24(32)33/h10-11,15,17,19H,6-9,12-14H2,1-5H3,(H,28,30)(H,29,31)(H,32,33)/t15?,17-,19?,26?/m1/s1. The summed E-state index contributed by atoms with van der Waals surface area (Å²) >= 11 is 0. The number of halogens is 1. The monoisotopic (exact) mass is 508 g/mol. The SMILES string of the molecule is COc1cc(F)c(OC2CCC(C)(C(=O)O)CC2)cc1C(=O)NC1COC[C@H]1C(=O)NCC(C)(C)C. The van der Waals surface area contributed by atoms with Gasteiger partial charge < -0.3 is 30.0 Å². The van der Waals surface area contributed by atoms with Gasteiger partial charge in [-0.05, 0) is 44.1 Å². The zero-order valence-electron chi connectivity index (χ0n) is 21.6. The number of carbonyl (C=O) groups is 3. The molecule has 1 aromatic rings. The van der Waals surface area contributed by atoms with Crippen LogP contribution in [-0.2, 0) is 14.3 Å². The Hall–Kier alpha value is -2.88. The van der Waals surface area contributed by atoms with E-state index in [1.807, 2.05) is 20.8 Å². The lowest BCUT2D eigenvalue weighted by Gasteiger charge is -2.34. The summed E-state index contributed by atoms with van der Waals surface area (Å²) in [5.41, 5.74) is -0.834. The number of hydrogen-bond acceptors (Lipinski definition) is 6. The van der Waals surface area contributed by atoms with Gasteiger partial charge in [-0.15, -0.1) is 0 Å². The van der Waals surface area contributed by atoms with E-state index in [-0.39, 0.29) is 47.7 Å². The number of rotatable bonds is 8. The number of carbonyl (C=O) groups excluding carboxylic acids is 2. The van der Waals surface area contributed by atoms with Gasteiger partial charge in [0.05, 0.1) is 49.4 Å². The van der Waals surface area contributed by atoms with Crippen molar-refractivity contribution in [1.82, 2.24) is 10.6 Å². The van der Waals surface area contributed by atoms with Gasteiger partial charge in [0.2, 0.25) is 5.91 Å². The summed E-state index contributed by atoms with van der Waals surface area (Å²) < 4.78 is 31.3. The number of benzene rings is 1. The van der Waals surface area contributed by atoms with Crippen LogP contribution in [0, 0.1) is 22.6 Å². The lowest BCUT2D eigenvalue weighted by molar-refractivity contribution is -0.150. The minimum Gasteiger partial charge on any atom is -0.496 e. The van der Waals surface area contributed by atoms with Crippen molar-refractivity contribution in [3.8, 4) is 11.5 Å². The fraction of sp³-hybridized carbons (Fsp3) is 0.654. The first-order valence-electron chi connectivity index (χ1n) is 12.3. The van der Waals surface area contributed by atoms with E-state index < -0.39 is 35.1 Å². The fourth-order valence-corrected chi connectivity index (χ4v) is 4.40. The van der Waals surface area contributed by atoms with Crippen LogP contribution in [0.2, 0.25) is 0 Å². The van der Waals surface area contributed by atoms with Crippen molar-refractivity contribution < 1.29 is 38.1 Å². The number of amides is 2. The van der Waals surface area contributed by atoms with E-state index in [2.05, 4.69) is 10.6 Å². The van der Waals surface area contributed by atoms with Gasteiger partial charge in [-0.25, -0.2) is 4.39 Å². The third-order valence-corrected chi connectivity index (χ3v) is 6.87. The van der Waals surface area contributed by atoms with E-state index in [1.165, 1.54) is 13.2 Å². The van der Waals surface area contributed by atoms with Crippen molar-refractivity contribution in [2.45, 2.75) is 65.5 Å². The number of hydrogen-bond donors (Lipinski definition) is 3. The largest absolute Gasteiger partial charge is 0.496 e. The number of ether oxygens (including phenoxy) is 3. The molecule has 1 saturated heterocycles. The van der Waals surface area contributed by atoms with Gasteiger partial charge in [0.25, 0.3) is 5.91 Å².